The van der Waals surface area contributed by atoms with Gasteiger partial charge in [-0.25, -0.2) is 0 Å². The third kappa shape index (κ3) is 1.98. The van der Waals surface area contributed by atoms with Gasteiger partial charge in [-0.05, 0) is 44.1 Å². The molecule has 0 aromatic heterocycles. The van der Waals surface area contributed by atoms with Gasteiger partial charge in [-0.1, -0.05) is 32.6 Å². The molecule has 0 aliphatic heterocycles. The van der Waals surface area contributed by atoms with Gasteiger partial charge in [0.1, 0.15) is 0 Å². The fourth-order valence-electron chi connectivity index (χ4n) is 3.62. The highest BCUT2D eigenvalue weighted by Crippen LogP contribution is 2.59. The van der Waals surface area contributed by atoms with Crippen molar-refractivity contribution < 1.29 is 0 Å². The highest BCUT2D eigenvalue weighted by Gasteiger charge is 2.54. The van der Waals surface area contributed by atoms with Gasteiger partial charge in [0, 0.05) is 6.04 Å². The second kappa shape index (κ2) is 4.65. The molecule has 2 saturated carbocycles. The molecule has 0 bridgehead atoms. The molecule has 2 fully saturated rings. The van der Waals surface area contributed by atoms with Crippen molar-refractivity contribution in [1.29, 1.82) is 0 Å². The first-order valence-corrected chi connectivity index (χ1v) is 6.55. The summed E-state index contributed by atoms with van der Waals surface area (Å²) in [6, 6.07) is 0.844. The third-order valence-corrected chi connectivity index (χ3v) is 4.43. The largest absolute Gasteiger partial charge is 0.317 e. The van der Waals surface area contributed by atoms with Gasteiger partial charge in [-0.3, -0.25) is 0 Å². The van der Waals surface area contributed by atoms with Crippen LogP contribution in [0.2, 0.25) is 0 Å². The van der Waals surface area contributed by atoms with E-state index in [1.54, 1.807) is 0 Å². The van der Waals surface area contributed by atoms with Gasteiger partial charge >= 0.3 is 0 Å². The summed E-state index contributed by atoms with van der Waals surface area (Å²) in [6.45, 7) is 2.29. The summed E-state index contributed by atoms with van der Waals surface area (Å²) < 4.78 is 0. The van der Waals surface area contributed by atoms with E-state index in [2.05, 4.69) is 19.3 Å². The van der Waals surface area contributed by atoms with Crippen molar-refractivity contribution in [1.82, 2.24) is 5.32 Å². The van der Waals surface area contributed by atoms with E-state index in [1.165, 1.54) is 44.9 Å². The minimum absolute atomic E-state index is 0.844. The predicted octanol–water partition coefficient (Wildman–Crippen LogP) is 3.20. The average Bonchev–Trinajstić information content (AvgIpc) is 2.69. The first-order chi connectivity index (χ1) is 6.88. The lowest BCUT2D eigenvalue weighted by molar-refractivity contribution is 0.395. The van der Waals surface area contributed by atoms with Crippen LogP contribution in [0.3, 0.4) is 0 Å². The number of hydrogen-bond donors (Lipinski definition) is 1. The molecule has 0 aromatic carbocycles. The molecule has 3 unspecified atom stereocenters. The lowest BCUT2D eigenvalue weighted by Gasteiger charge is -2.17. The number of rotatable bonds is 6. The zero-order valence-corrected chi connectivity index (χ0v) is 9.76. The number of nitrogens with one attached hydrogen (secondary N) is 1. The zero-order chi connectivity index (χ0) is 9.97. The van der Waals surface area contributed by atoms with Gasteiger partial charge in [-0.15, -0.1) is 0 Å². The molecule has 0 radical (unpaired) electrons. The van der Waals surface area contributed by atoms with Crippen LogP contribution in [0.1, 0.15) is 51.9 Å². The van der Waals surface area contributed by atoms with Crippen LogP contribution in [0, 0.1) is 17.8 Å². The predicted molar refractivity (Wildman–Crippen MR) is 61.3 cm³/mol. The van der Waals surface area contributed by atoms with Crippen LogP contribution in [0.15, 0.2) is 0 Å². The molecule has 1 nitrogen and oxygen atoms in total. The zero-order valence-electron chi connectivity index (χ0n) is 9.76. The number of fused-ring (bicyclic) bond motifs is 1. The smallest absolute Gasteiger partial charge is 0.00978 e. The lowest BCUT2D eigenvalue weighted by atomic mass is 9.99. The van der Waals surface area contributed by atoms with Crippen LogP contribution in [0.5, 0.6) is 0 Å². The number of unbranched alkanes of at least 4 members (excludes halogenated alkanes) is 2. The van der Waals surface area contributed by atoms with Gasteiger partial charge in [-0.2, -0.15) is 0 Å². The molecule has 0 amide bonds. The van der Waals surface area contributed by atoms with E-state index in [1.807, 2.05) is 0 Å². The molecule has 1 heteroatoms. The van der Waals surface area contributed by atoms with Gasteiger partial charge in [0.25, 0.3) is 0 Å². The molecule has 3 atom stereocenters. The molecule has 2 rings (SSSR count). The molecule has 0 spiro atoms. The van der Waals surface area contributed by atoms with Crippen molar-refractivity contribution in [2.24, 2.45) is 17.8 Å². The van der Waals surface area contributed by atoms with E-state index >= 15 is 0 Å². The van der Waals surface area contributed by atoms with Crippen molar-refractivity contribution in [3.8, 4) is 0 Å². The van der Waals surface area contributed by atoms with Crippen molar-refractivity contribution in [3.05, 3.63) is 0 Å². The molecule has 14 heavy (non-hydrogen) atoms. The summed E-state index contributed by atoms with van der Waals surface area (Å²) in [7, 11) is 2.16. The maximum atomic E-state index is 3.55. The van der Waals surface area contributed by atoms with Gasteiger partial charge in [0.2, 0.25) is 0 Å². The van der Waals surface area contributed by atoms with Crippen LogP contribution in [-0.2, 0) is 0 Å². The first kappa shape index (κ1) is 10.5. The molecule has 0 saturated heterocycles. The maximum Gasteiger partial charge on any atom is 0.00978 e. The molecule has 2 aliphatic carbocycles. The summed E-state index contributed by atoms with van der Waals surface area (Å²) >= 11 is 0. The Balaban J connectivity index is 1.71. The third-order valence-electron chi connectivity index (χ3n) is 4.43. The Kier molecular flexibility index (Phi) is 3.48. The highest BCUT2D eigenvalue weighted by atomic mass is 14.9. The van der Waals surface area contributed by atoms with Gasteiger partial charge < -0.3 is 5.32 Å². The Labute approximate surface area is 88.7 Å². The fourth-order valence-corrected chi connectivity index (χ4v) is 3.62. The molecule has 82 valence electrons. The van der Waals surface area contributed by atoms with Crippen LogP contribution in [-0.4, -0.2) is 13.1 Å². The normalized spacial score (nSPS) is 36.9. The van der Waals surface area contributed by atoms with E-state index < -0.39 is 0 Å². The van der Waals surface area contributed by atoms with E-state index in [9.17, 15) is 0 Å². The summed E-state index contributed by atoms with van der Waals surface area (Å²) in [5, 5.41) is 3.55. The topological polar surface area (TPSA) is 12.0 Å². The molecular formula is C13H25N. The van der Waals surface area contributed by atoms with Crippen molar-refractivity contribution >= 4 is 0 Å². The molecule has 0 heterocycles. The Bertz CT molecular complexity index is 168. The SMILES string of the molecule is CCCCCC(NC)C1C2CCCC21. The van der Waals surface area contributed by atoms with E-state index in [0.29, 0.717) is 0 Å². The van der Waals surface area contributed by atoms with Crippen molar-refractivity contribution in [2.75, 3.05) is 7.05 Å². The van der Waals surface area contributed by atoms with E-state index in [0.717, 1.165) is 23.8 Å². The first-order valence-electron chi connectivity index (χ1n) is 6.55. The van der Waals surface area contributed by atoms with Crippen LogP contribution in [0.4, 0.5) is 0 Å². The lowest BCUT2D eigenvalue weighted by Crippen LogP contribution is -2.29. The maximum absolute atomic E-state index is 3.55. The van der Waals surface area contributed by atoms with Crippen LogP contribution >= 0.6 is 0 Å². The van der Waals surface area contributed by atoms with Gasteiger partial charge in [0.15, 0.2) is 0 Å². The monoisotopic (exact) mass is 195 g/mol. The summed E-state index contributed by atoms with van der Waals surface area (Å²) in [5.74, 6) is 3.30. The summed E-state index contributed by atoms with van der Waals surface area (Å²) in [5.41, 5.74) is 0. The minimum atomic E-state index is 0.844. The Morgan fingerprint density at radius 1 is 1.21 bits per heavy atom. The second-order valence-electron chi connectivity index (χ2n) is 5.23. The molecule has 0 aromatic rings. The van der Waals surface area contributed by atoms with Crippen molar-refractivity contribution in [3.63, 3.8) is 0 Å². The van der Waals surface area contributed by atoms with E-state index in [4.69, 9.17) is 0 Å². The Hall–Kier alpha value is -0.0400. The van der Waals surface area contributed by atoms with E-state index in [-0.39, 0.29) is 0 Å². The molecule has 2 aliphatic rings. The number of hydrogen-bond acceptors (Lipinski definition) is 1. The van der Waals surface area contributed by atoms with Crippen molar-refractivity contribution in [2.45, 2.75) is 57.9 Å². The molecular weight excluding hydrogens is 170 g/mol. The standard InChI is InChI=1S/C13H25N/c1-3-4-5-9-12(14-2)13-10-7-6-8-11(10)13/h10-14H,3-9H2,1-2H3. The second-order valence-corrected chi connectivity index (χ2v) is 5.23. The van der Waals surface area contributed by atoms with Crippen LogP contribution in [0.25, 0.3) is 0 Å². The Morgan fingerprint density at radius 3 is 2.50 bits per heavy atom. The average molecular weight is 195 g/mol. The van der Waals surface area contributed by atoms with Gasteiger partial charge in [0.05, 0.1) is 0 Å². The summed E-state index contributed by atoms with van der Waals surface area (Å²) in [6.07, 6.45) is 10.2. The molecule has 1 N–H and O–H groups in total. The summed E-state index contributed by atoms with van der Waals surface area (Å²) in [4.78, 5) is 0. The Morgan fingerprint density at radius 2 is 1.93 bits per heavy atom. The van der Waals surface area contributed by atoms with Crippen LogP contribution < -0.4 is 5.32 Å². The highest BCUT2D eigenvalue weighted by molar-refractivity contribution is 5.05. The quantitative estimate of drug-likeness (QED) is 0.642. The minimum Gasteiger partial charge on any atom is -0.317 e. The fraction of sp³-hybridized carbons (Fsp3) is 1.00.